The number of carbonyl (C=O) groups excluding carboxylic acids is 1. The predicted octanol–water partition coefficient (Wildman–Crippen LogP) is 1.55. The van der Waals surface area contributed by atoms with Crippen LogP contribution in [0.5, 0.6) is 11.5 Å². The van der Waals surface area contributed by atoms with Crippen molar-refractivity contribution < 1.29 is 22.7 Å². The van der Waals surface area contributed by atoms with Gasteiger partial charge < -0.3 is 20.1 Å². The van der Waals surface area contributed by atoms with Crippen LogP contribution in [-0.4, -0.2) is 52.4 Å². The van der Waals surface area contributed by atoms with Crippen molar-refractivity contribution in [3.8, 4) is 11.5 Å². The van der Waals surface area contributed by atoms with Gasteiger partial charge >= 0.3 is 0 Å². The zero-order valence-electron chi connectivity index (χ0n) is 15.4. The number of amides is 1. The highest BCUT2D eigenvalue weighted by Gasteiger charge is 2.24. The molecule has 2 unspecified atom stereocenters. The van der Waals surface area contributed by atoms with E-state index in [1.807, 2.05) is 0 Å². The van der Waals surface area contributed by atoms with E-state index in [2.05, 4.69) is 17.6 Å². The maximum absolute atomic E-state index is 12.6. The maximum Gasteiger partial charge on any atom is 0.221 e. The van der Waals surface area contributed by atoms with Gasteiger partial charge in [0.25, 0.3) is 0 Å². The molecular formula is C18H27ClN2O5S. The monoisotopic (exact) mass is 418 g/mol. The standard InChI is InChI=1S/C18H26N2O5S.ClH/c1-13-5-7-19-12-15(13)20-18(21)6-10-26(22,23)14-3-4-16-17(11-14)25-9-2-8-24-16;/h3-4,11,13,15,19H,2,5-10,12H2,1H3,(H,20,21);1H. The van der Waals surface area contributed by atoms with Gasteiger partial charge in [-0.2, -0.15) is 0 Å². The van der Waals surface area contributed by atoms with E-state index in [-0.39, 0.29) is 41.4 Å². The van der Waals surface area contributed by atoms with Crippen LogP contribution in [-0.2, 0) is 14.6 Å². The second kappa shape index (κ2) is 9.61. The van der Waals surface area contributed by atoms with Crippen molar-refractivity contribution in [1.29, 1.82) is 0 Å². The average molecular weight is 419 g/mol. The second-order valence-electron chi connectivity index (χ2n) is 6.87. The zero-order valence-corrected chi connectivity index (χ0v) is 17.0. The molecule has 1 amide bonds. The van der Waals surface area contributed by atoms with Crippen molar-refractivity contribution in [2.45, 2.75) is 37.1 Å². The Kier molecular flexibility index (Phi) is 7.76. The Morgan fingerprint density at radius 1 is 1.26 bits per heavy atom. The number of fused-ring (bicyclic) bond motifs is 1. The molecule has 152 valence electrons. The SMILES string of the molecule is CC1CCNCC1NC(=O)CCS(=O)(=O)c1ccc2c(c1)OCCCO2.Cl. The quantitative estimate of drug-likeness (QED) is 0.753. The van der Waals surface area contributed by atoms with Gasteiger partial charge in [0.05, 0.1) is 23.9 Å². The number of hydrogen-bond donors (Lipinski definition) is 2. The van der Waals surface area contributed by atoms with Crippen LogP contribution >= 0.6 is 12.4 Å². The lowest BCUT2D eigenvalue weighted by Gasteiger charge is -2.30. The number of halogens is 1. The van der Waals surface area contributed by atoms with Crippen LogP contribution in [0, 0.1) is 5.92 Å². The lowest BCUT2D eigenvalue weighted by Crippen LogP contribution is -2.50. The number of piperidine rings is 1. The summed E-state index contributed by atoms with van der Waals surface area (Å²) in [6.07, 6.45) is 1.70. The predicted molar refractivity (Wildman–Crippen MR) is 105 cm³/mol. The van der Waals surface area contributed by atoms with Gasteiger partial charge in [-0.1, -0.05) is 6.92 Å². The minimum Gasteiger partial charge on any atom is -0.490 e. The molecule has 27 heavy (non-hydrogen) atoms. The Labute approximate surface area is 166 Å². The molecule has 3 rings (SSSR count). The minimum atomic E-state index is -3.57. The molecule has 2 heterocycles. The van der Waals surface area contributed by atoms with Crippen LogP contribution in [0.4, 0.5) is 0 Å². The Balaban J connectivity index is 0.00000261. The molecule has 7 nitrogen and oxygen atoms in total. The van der Waals surface area contributed by atoms with E-state index >= 15 is 0 Å². The molecule has 0 saturated carbocycles. The molecule has 2 aliphatic heterocycles. The van der Waals surface area contributed by atoms with Gasteiger partial charge in [-0.3, -0.25) is 4.79 Å². The molecule has 2 aliphatic rings. The lowest BCUT2D eigenvalue weighted by atomic mass is 9.95. The minimum absolute atomic E-state index is 0. The van der Waals surface area contributed by atoms with E-state index < -0.39 is 9.84 Å². The summed E-state index contributed by atoms with van der Waals surface area (Å²) < 4.78 is 36.2. The van der Waals surface area contributed by atoms with Crippen LogP contribution in [0.2, 0.25) is 0 Å². The molecule has 2 atom stereocenters. The van der Waals surface area contributed by atoms with Gasteiger partial charge in [0.1, 0.15) is 0 Å². The highest BCUT2D eigenvalue weighted by atomic mass is 35.5. The van der Waals surface area contributed by atoms with E-state index in [4.69, 9.17) is 9.47 Å². The molecule has 0 spiro atoms. The van der Waals surface area contributed by atoms with Crippen molar-refractivity contribution in [2.24, 2.45) is 5.92 Å². The Morgan fingerprint density at radius 3 is 2.74 bits per heavy atom. The fourth-order valence-electron chi connectivity index (χ4n) is 3.14. The van der Waals surface area contributed by atoms with Crippen LogP contribution in [0.25, 0.3) is 0 Å². The number of rotatable bonds is 5. The van der Waals surface area contributed by atoms with Gasteiger partial charge in [0.15, 0.2) is 21.3 Å². The first kappa shape index (κ1) is 21.8. The van der Waals surface area contributed by atoms with Gasteiger partial charge in [-0.15, -0.1) is 12.4 Å². The third-order valence-electron chi connectivity index (χ3n) is 4.85. The summed E-state index contributed by atoms with van der Waals surface area (Å²) in [5, 5.41) is 6.18. The Bertz CT molecular complexity index is 756. The van der Waals surface area contributed by atoms with Crippen molar-refractivity contribution in [3.05, 3.63) is 18.2 Å². The van der Waals surface area contributed by atoms with Crippen molar-refractivity contribution in [3.63, 3.8) is 0 Å². The van der Waals surface area contributed by atoms with Crippen molar-refractivity contribution >= 4 is 28.2 Å². The summed E-state index contributed by atoms with van der Waals surface area (Å²) in [7, 11) is -3.57. The van der Waals surface area contributed by atoms with Crippen LogP contribution < -0.4 is 20.1 Å². The molecule has 9 heteroatoms. The van der Waals surface area contributed by atoms with Gasteiger partial charge in [0.2, 0.25) is 5.91 Å². The van der Waals surface area contributed by atoms with E-state index in [9.17, 15) is 13.2 Å². The number of ether oxygens (including phenoxy) is 2. The van der Waals surface area contributed by atoms with E-state index in [0.29, 0.717) is 30.6 Å². The average Bonchev–Trinajstić information content (AvgIpc) is 2.87. The third kappa shape index (κ3) is 5.73. The fourth-order valence-corrected chi connectivity index (χ4v) is 4.40. The molecule has 1 aromatic rings. The number of benzene rings is 1. The summed E-state index contributed by atoms with van der Waals surface area (Å²) in [6.45, 7) is 4.81. The van der Waals surface area contributed by atoms with Gasteiger partial charge in [-0.05, 0) is 31.0 Å². The molecule has 0 aromatic heterocycles. The molecule has 1 saturated heterocycles. The second-order valence-corrected chi connectivity index (χ2v) is 8.98. The smallest absolute Gasteiger partial charge is 0.221 e. The maximum atomic E-state index is 12.6. The zero-order chi connectivity index (χ0) is 18.6. The third-order valence-corrected chi connectivity index (χ3v) is 6.56. The summed E-state index contributed by atoms with van der Waals surface area (Å²) in [5.41, 5.74) is 0. The highest BCUT2D eigenvalue weighted by molar-refractivity contribution is 7.91. The summed E-state index contributed by atoms with van der Waals surface area (Å²) in [6, 6.07) is 4.66. The molecule has 1 fully saturated rings. The topological polar surface area (TPSA) is 93.7 Å². The van der Waals surface area contributed by atoms with Crippen molar-refractivity contribution in [2.75, 3.05) is 32.1 Å². The highest BCUT2D eigenvalue weighted by Crippen LogP contribution is 2.32. The molecule has 1 aromatic carbocycles. The van der Waals surface area contributed by atoms with Gasteiger partial charge in [-0.25, -0.2) is 8.42 Å². The lowest BCUT2D eigenvalue weighted by molar-refractivity contribution is -0.121. The van der Waals surface area contributed by atoms with E-state index in [1.54, 1.807) is 6.07 Å². The molecular weight excluding hydrogens is 392 g/mol. The molecule has 0 bridgehead atoms. The number of carbonyl (C=O) groups is 1. The first-order chi connectivity index (χ1) is 12.5. The molecule has 0 aliphatic carbocycles. The Hall–Kier alpha value is -1.51. The van der Waals surface area contributed by atoms with Crippen molar-refractivity contribution in [1.82, 2.24) is 10.6 Å². The Morgan fingerprint density at radius 2 is 2.00 bits per heavy atom. The van der Waals surface area contributed by atoms with Crippen LogP contribution in [0.15, 0.2) is 23.1 Å². The molecule has 2 N–H and O–H groups in total. The van der Waals surface area contributed by atoms with Gasteiger partial charge in [0, 0.05) is 31.5 Å². The largest absolute Gasteiger partial charge is 0.490 e. The molecule has 0 radical (unpaired) electrons. The number of nitrogens with one attached hydrogen (secondary N) is 2. The first-order valence-corrected chi connectivity index (χ1v) is 10.7. The number of hydrogen-bond acceptors (Lipinski definition) is 6. The summed E-state index contributed by atoms with van der Waals surface area (Å²) in [4.78, 5) is 12.3. The summed E-state index contributed by atoms with van der Waals surface area (Å²) in [5.74, 6) is 0.919. The van der Waals surface area contributed by atoms with Crippen LogP contribution in [0.3, 0.4) is 0 Å². The van der Waals surface area contributed by atoms with E-state index in [1.165, 1.54) is 12.1 Å². The summed E-state index contributed by atoms with van der Waals surface area (Å²) >= 11 is 0. The number of sulfone groups is 1. The fraction of sp³-hybridized carbons (Fsp3) is 0.611. The first-order valence-electron chi connectivity index (χ1n) is 9.08. The van der Waals surface area contributed by atoms with E-state index in [0.717, 1.165) is 25.9 Å². The normalized spacial score (nSPS) is 22.3. The van der Waals surface area contributed by atoms with Crippen LogP contribution in [0.1, 0.15) is 26.2 Å².